The third-order valence-electron chi connectivity index (χ3n) is 2.44. The molecule has 1 heterocycles. The number of hydrogen-bond acceptors (Lipinski definition) is 4. The smallest absolute Gasteiger partial charge is 0.265 e. The molecule has 0 saturated heterocycles. The molecule has 1 N–H and O–H groups in total. The van der Waals surface area contributed by atoms with E-state index in [0.717, 1.165) is 5.56 Å². The number of carbonyl (C=O) groups is 1. The molecule has 0 saturated carbocycles. The highest BCUT2D eigenvalue weighted by Crippen LogP contribution is 2.14. The molecule has 6 heteroatoms. The zero-order chi connectivity index (χ0) is 12.3. The summed E-state index contributed by atoms with van der Waals surface area (Å²) in [7, 11) is -3.55. The van der Waals surface area contributed by atoms with Gasteiger partial charge in [-0.3, -0.25) is 4.79 Å². The first-order valence-electron chi connectivity index (χ1n) is 4.97. The van der Waals surface area contributed by atoms with Gasteiger partial charge < -0.3 is 0 Å². The molecule has 1 aromatic rings. The van der Waals surface area contributed by atoms with E-state index >= 15 is 0 Å². The van der Waals surface area contributed by atoms with E-state index in [1.54, 1.807) is 26.2 Å². The van der Waals surface area contributed by atoms with Gasteiger partial charge in [0.25, 0.3) is 5.91 Å². The second-order valence-corrected chi connectivity index (χ2v) is 6.51. The minimum absolute atomic E-state index is 0.428. The van der Waals surface area contributed by atoms with Crippen molar-refractivity contribution in [2.45, 2.75) is 32.4 Å². The van der Waals surface area contributed by atoms with Gasteiger partial charge in [0, 0.05) is 5.38 Å². The second kappa shape index (κ2) is 4.97. The average Bonchev–Trinajstić information content (AvgIpc) is 2.62. The van der Waals surface area contributed by atoms with Crippen molar-refractivity contribution in [1.82, 2.24) is 4.72 Å². The molecule has 0 bridgehead atoms. The minimum Gasteiger partial charge on any atom is -0.268 e. The summed E-state index contributed by atoms with van der Waals surface area (Å²) in [5.74, 6) is -0.543. The summed E-state index contributed by atoms with van der Waals surface area (Å²) in [5.41, 5.74) is 1.22. The number of hydrogen-bond donors (Lipinski definition) is 1. The van der Waals surface area contributed by atoms with Crippen LogP contribution in [0.25, 0.3) is 0 Å². The molecule has 1 amide bonds. The van der Waals surface area contributed by atoms with Crippen LogP contribution in [0.1, 0.15) is 36.2 Å². The Hall–Kier alpha value is -0.880. The number of carbonyl (C=O) groups excluding carboxylic acids is 1. The molecule has 0 unspecified atom stereocenters. The molecule has 0 aliphatic carbocycles. The van der Waals surface area contributed by atoms with Gasteiger partial charge in [0.05, 0.1) is 10.8 Å². The molecule has 1 atom stereocenters. The third-order valence-corrected chi connectivity index (χ3v) is 5.16. The molecule has 16 heavy (non-hydrogen) atoms. The minimum atomic E-state index is -3.55. The largest absolute Gasteiger partial charge is 0.268 e. The summed E-state index contributed by atoms with van der Waals surface area (Å²) in [6.45, 7) is 5.13. The molecule has 0 aliphatic heterocycles. The van der Waals surface area contributed by atoms with Crippen LogP contribution >= 0.6 is 11.3 Å². The summed E-state index contributed by atoms with van der Waals surface area (Å²) < 4.78 is 25.4. The second-order valence-electron chi connectivity index (χ2n) is 3.66. The number of rotatable bonds is 4. The van der Waals surface area contributed by atoms with Crippen molar-refractivity contribution in [3.05, 3.63) is 21.9 Å². The highest BCUT2D eigenvalue weighted by atomic mass is 32.2. The van der Waals surface area contributed by atoms with Gasteiger partial charge in [-0.25, -0.2) is 13.1 Å². The fourth-order valence-electron chi connectivity index (χ4n) is 1.10. The summed E-state index contributed by atoms with van der Waals surface area (Å²) in [6.07, 6.45) is 0.477. The zero-order valence-corrected chi connectivity index (χ0v) is 11.1. The van der Waals surface area contributed by atoms with Crippen LogP contribution in [0.4, 0.5) is 0 Å². The molecule has 0 aliphatic rings. The Balaban J connectivity index is 2.84. The molecule has 0 aromatic carbocycles. The topological polar surface area (TPSA) is 63.2 Å². The van der Waals surface area contributed by atoms with Crippen molar-refractivity contribution >= 4 is 27.3 Å². The normalized spacial score (nSPS) is 13.4. The number of nitrogens with one attached hydrogen (secondary N) is 1. The van der Waals surface area contributed by atoms with Crippen molar-refractivity contribution in [1.29, 1.82) is 0 Å². The van der Waals surface area contributed by atoms with E-state index in [0.29, 0.717) is 12.0 Å². The van der Waals surface area contributed by atoms with Gasteiger partial charge in [-0.1, -0.05) is 6.92 Å². The van der Waals surface area contributed by atoms with Gasteiger partial charge in [-0.2, -0.15) is 11.3 Å². The van der Waals surface area contributed by atoms with Crippen LogP contribution in [0.15, 0.2) is 10.8 Å². The quantitative estimate of drug-likeness (QED) is 0.900. The summed E-state index contributed by atoms with van der Waals surface area (Å²) in [6, 6.07) is 0. The lowest BCUT2D eigenvalue weighted by molar-refractivity contribution is 0.0981. The predicted molar refractivity (Wildman–Crippen MR) is 65.2 cm³/mol. The zero-order valence-electron chi connectivity index (χ0n) is 9.48. The van der Waals surface area contributed by atoms with Crippen LogP contribution in [0.3, 0.4) is 0 Å². The van der Waals surface area contributed by atoms with E-state index in [1.165, 1.54) is 11.3 Å². The van der Waals surface area contributed by atoms with Crippen LogP contribution in [-0.2, 0) is 10.0 Å². The van der Waals surface area contributed by atoms with E-state index in [2.05, 4.69) is 4.72 Å². The Morgan fingerprint density at radius 1 is 1.50 bits per heavy atom. The highest BCUT2D eigenvalue weighted by Gasteiger charge is 2.22. The van der Waals surface area contributed by atoms with E-state index in [4.69, 9.17) is 0 Å². The molecule has 0 radical (unpaired) electrons. The van der Waals surface area contributed by atoms with Gasteiger partial charge in [-0.15, -0.1) is 0 Å². The first kappa shape index (κ1) is 13.2. The first-order valence-corrected chi connectivity index (χ1v) is 7.46. The van der Waals surface area contributed by atoms with Gasteiger partial charge in [0.15, 0.2) is 0 Å². The Labute approximate surface area is 99.7 Å². The molecule has 1 aromatic heterocycles. The van der Waals surface area contributed by atoms with Gasteiger partial charge >= 0.3 is 0 Å². The van der Waals surface area contributed by atoms with E-state index in [1.807, 2.05) is 5.38 Å². The fourth-order valence-corrected chi connectivity index (χ4v) is 2.93. The summed E-state index contributed by atoms with van der Waals surface area (Å²) >= 11 is 1.38. The Morgan fingerprint density at radius 3 is 2.56 bits per heavy atom. The maximum Gasteiger partial charge on any atom is 0.265 e. The lowest BCUT2D eigenvalue weighted by atomic mass is 10.2. The van der Waals surface area contributed by atoms with Crippen LogP contribution < -0.4 is 4.72 Å². The van der Waals surface area contributed by atoms with Crippen molar-refractivity contribution in [3.63, 3.8) is 0 Å². The van der Waals surface area contributed by atoms with E-state index in [9.17, 15) is 13.2 Å². The number of sulfonamides is 1. The molecule has 4 nitrogen and oxygen atoms in total. The van der Waals surface area contributed by atoms with Crippen LogP contribution in [0, 0.1) is 6.92 Å². The third kappa shape index (κ3) is 2.82. The van der Waals surface area contributed by atoms with Crippen LogP contribution in [0.5, 0.6) is 0 Å². The lowest BCUT2D eigenvalue weighted by Crippen LogP contribution is -2.36. The first-order chi connectivity index (χ1) is 7.38. The fraction of sp³-hybridized carbons (Fsp3) is 0.500. The van der Waals surface area contributed by atoms with E-state index in [-0.39, 0.29) is 0 Å². The maximum atomic E-state index is 11.7. The van der Waals surface area contributed by atoms with Crippen molar-refractivity contribution in [2.24, 2.45) is 0 Å². The average molecular weight is 261 g/mol. The number of thiophene rings is 1. The Bertz CT molecular complexity index is 476. The Kier molecular flexibility index (Phi) is 4.09. The number of amides is 1. The van der Waals surface area contributed by atoms with Crippen molar-refractivity contribution < 1.29 is 13.2 Å². The van der Waals surface area contributed by atoms with E-state index < -0.39 is 21.2 Å². The molecular formula is C10H15NO3S2. The van der Waals surface area contributed by atoms with Crippen LogP contribution in [0.2, 0.25) is 0 Å². The van der Waals surface area contributed by atoms with Crippen LogP contribution in [-0.4, -0.2) is 19.6 Å². The van der Waals surface area contributed by atoms with Gasteiger partial charge in [0.2, 0.25) is 10.0 Å². The highest BCUT2D eigenvalue weighted by molar-refractivity contribution is 7.90. The van der Waals surface area contributed by atoms with Crippen molar-refractivity contribution in [3.8, 4) is 0 Å². The summed E-state index contributed by atoms with van der Waals surface area (Å²) in [4.78, 5) is 11.7. The predicted octanol–water partition coefficient (Wildman–Crippen LogP) is 1.91. The lowest BCUT2D eigenvalue weighted by Gasteiger charge is -2.11. The molecular weight excluding hydrogens is 246 g/mol. The SMILES string of the molecule is CC[C@@H](C)S(=O)(=O)NC(=O)c1cscc1C. The molecule has 1 rings (SSSR count). The van der Waals surface area contributed by atoms with Gasteiger partial charge in [-0.05, 0) is 31.2 Å². The monoisotopic (exact) mass is 261 g/mol. The Morgan fingerprint density at radius 2 is 2.12 bits per heavy atom. The molecule has 0 spiro atoms. The maximum absolute atomic E-state index is 11.7. The number of aryl methyl sites for hydroxylation is 1. The standard InChI is InChI=1S/C10H15NO3S2/c1-4-8(3)16(13,14)11-10(12)9-6-15-5-7(9)2/h5-6,8H,4H2,1-3H3,(H,11,12)/t8-/m1/s1. The van der Waals surface area contributed by atoms with Crippen molar-refractivity contribution in [2.75, 3.05) is 0 Å². The molecule has 0 fully saturated rings. The molecule has 90 valence electrons. The van der Waals surface area contributed by atoms with Gasteiger partial charge in [0.1, 0.15) is 0 Å². The summed E-state index contributed by atoms with van der Waals surface area (Å²) in [5, 5.41) is 2.90.